The molecule has 16 heavy (non-hydrogen) atoms. The molecule has 1 aliphatic rings. The van der Waals surface area contributed by atoms with Gasteiger partial charge < -0.3 is 15.7 Å². The highest BCUT2D eigenvalue weighted by molar-refractivity contribution is 7.99. The van der Waals surface area contributed by atoms with Crippen molar-refractivity contribution in [1.82, 2.24) is 10.6 Å². The van der Waals surface area contributed by atoms with Crippen LogP contribution in [0, 0.1) is 0 Å². The van der Waals surface area contributed by atoms with E-state index in [2.05, 4.69) is 10.6 Å². The Morgan fingerprint density at radius 3 is 3.06 bits per heavy atom. The number of thioether (sulfide) groups is 1. The maximum Gasteiger partial charge on any atom is 0.221 e. The Hall–Kier alpha value is -0.260. The molecular formula is C11H22N2O2S. The average Bonchev–Trinajstić information content (AvgIpc) is 2.29. The maximum atomic E-state index is 11.7. The fourth-order valence-electron chi connectivity index (χ4n) is 1.80. The molecule has 0 aromatic carbocycles. The van der Waals surface area contributed by atoms with E-state index in [1.54, 1.807) is 0 Å². The van der Waals surface area contributed by atoms with Crippen molar-refractivity contribution in [3.05, 3.63) is 0 Å². The predicted octanol–water partition coefficient (Wildman–Crippen LogP) is 0.359. The molecule has 1 amide bonds. The zero-order valence-corrected chi connectivity index (χ0v) is 10.7. The van der Waals surface area contributed by atoms with E-state index in [0.29, 0.717) is 18.9 Å². The molecular weight excluding hydrogens is 224 g/mol. The van der Waals surface area contributed by atoms with Crippen LogP contribution >= 0.6 is 11.8 Å². The molecule has 94 valence electrons. The van der Waals surface area contributed by atoms with Gasteiger partial charge in [-0.2, -0.15) is 11.8 Å². The van der Waals surface area contributed by atoms with Crippen LogP contribution in [0.2, 0.25) is 0 Å². The number of hydrogen-bond donors (Lipinski definition) is 3. The van der Waals surface area contributed by atoms with Gasteiger partial charge in [-0.15, -0.1) is 0 Å². The number of hydrogen-bond acceptors (Lipinski definition) is 4. The minimum atomic E-state index is 0.0975. The van der Waals surface area contributed by atoms with Crippen LogP contribution in [0.25, 0.3) is 0 Å². The Morgan fingerprint density at radius 1 is 1.69 bits per heavy atom. The molecule has 0 aromatic heterocycles. The van der Waals surface area contributed by atoms with Crippen molar-refractivity contribution in [2.45, 2.75) is 38.3 Å². The van der Waals surface area contributed by atoms with E-state index in [1.807, 2.05) is 18.7 Å². The Bertz CT molecular complexity index is 199. The van der Waals surface area contributed by atoms with Gasteiger partial charge in [0, 0.05) is 43.2 Å². The lowest BCUT2D eigenvalue weighted by Crippen LogP contribution is -2.43. The summed E-state index contributed by atoms with van der Waals surface area (Å²) in [5, 5.41) is 15.1. The summed E-state index contributed by atoms with van der Waals surface area (Å²) < 4.78 is 0. The number of carbonyl (C=O) groups is 1. The summed E-state index contributed by atoms with van der Waals surface area (Å²) in [6.45, 7) is 3.15. The van der Waals surface area contributed by atoms with Crippen LogP contribution in [0.3, 0.4) is 0 Å². The van der Waals surface area contributed by atoms with Gasteiger partial charge >= 0.3 is 0 Å². The number of aliphatic hydroxyl groups is 1. The Kier molecular flexibility index (Phi) is 6.84. The average molecular weight is 246 g/mol. The van der Waals surface area contributed by atoms with Crippen molar-refractivity contribution < 1.29 is 9.90 Å². The molecule has 1 aliphatic heterocycles. The molecule has 3 N–H and O–H groups in total. The van der Waals surface area contributed by atoms with E-state index < -0.39 is 0 Å². The quantitative estimate of drug-likeness (QED) is 0.633. The molecule has 1 saturated heterocycles. The summed E-state index contributed by atoms with van der Waals surface area (Å²) in [6, 6.07) is 0.430. The molecule has 0 saturated carbocycles. The Morgan fingerprint density at radius 2 is 2.50 bits per heavy atom. The third-order valence-electron chi connectivity index (χ3n) is 2.77. The third kappa shape index (κ3) is 5.18. The molecule has 1 rings (SSSR count). The van der Waals surface area contributed by atoms with Gasteiger partial charge in [0.15, 0.2) is 0 Å². The second-order valence-electron chi connectivity index (χ2n) is 4.12. The summed E-state index contributed by atoms with van der Waals surface area (Å²) in [5.74, 6) is 2.25. The largest absolute Gasteiger partial charge is 0.396 e. The van der Waals surface area contributed by atoms with Gasteiger partial charge in [0.2, 0.25) is 5.91 Å². The molecule has 1 fully saturated rings. The van der Waals surface area contributed by atoms with E-state index in [-0.39, 0.29) is 18.6 Å². The van der Waals surface area contributed by atoms with Gasteiger partial charge in [0.25, 0.3) is 0 Å². The second-order valence-corrected chi connectivity index (χ2v) is 5.26. The highest BCUT2D eigenvalue weighted by atomic mass is 32.2. The van der Waals surface area contributed by atoms with Crippen LogP contribution in [-0.4, -0.2) is 47.8 Å². The van der Waals surface area contributed by atoms with E-state index in [0.717, 1.165) is 24.5 Å². The van der Waals surface area contributed by atoms with Crippen molar-refractivity contribution in [2.75, 3.05) is 24.7 Å². The first-order valence-corrected chi connectivity index (χ1v) is 7.13. The molecule has 0 aromatic rings. The molecule has 0 radical (unpaired) electrons. The molecule has 0 bridgehead atoms. The molecule has 2 atom stereocenters. The topological polar surface area (TPSA) is 61.4 Å². The van der Waals surface area contributed by atoms with Gasteiger partial charge in [-0.05, 0) is 12.8 Å². The van der Waals surface area contributed by atoms with Crippen molar-refractivity contribution >= 4 is 17.7 Å². The van der Waals surface area contributed by atoms with Crippen molar-refractivity contribution in [2.24, 2.45) is 0 Å². The minimum Gasteiger partial charge on any atom is -0.396 e. The van der Waals surface area contributed by atoms with Crippen molar-refractivity contribution in [3.63, 3.8) is 0 Å². The summed E-state index contributed by atoms with van der Waals surface area (Å²) in [4.78, 5) is 11.7. The van der Waals surface area contributed by atoms with Gasteiger partial charge in [-0.25, -0.2) is 0 Å². The highest BCUT2D eigenvalue weighted by Gasteiger charge is 2.18. The normalized spacial score (nSPS) is 22.8. The lowest BCUT2D eigenvalue weighted by Gasteiger charge is -2.24. The number of amides is 1. The number of nitrogens with one attached hydrogen (secondary N) is 2. The summed E-state index contributed by atoms with van der Waals surface area (Å²) >= 11 is 1.90. The fraction of sp³-hybridized carbons (Fsp3) is 0.909. The molecule has 2 unspecified atom stereocenters. The van der Waals surface area contributed by atoms with E-state index >= 15 is 0 Å². The van der Waals surface area contributed by atoms with Crippen LogP contribution in [0.15, 0.2) is 0 Å². The van der Waals surface area contributed by atoms with Crippen molar-refractivity contribution in [3.8, 4) is 0 Å². The van der Waals surface area contributed by atoms with Crippen LogP contribution in [0.1, 0.15) is 26.2 Å². The number of rotatable bonds is 6. The van der Waals surface area contributed by atoms with Gasteiger partial charge in [0.1, 0.15) is 0 Å². The Labute approximate surface area is 102 Å². The number of carbonyl (C=O) groups excluding carboxylic acids is 1. The standard InChI is InChI=1S/C11H22N2O2S/c1-2-9(3-5-14)13-11(15)7-10-8-16-6-4-12-10/h9-10,12,14H,2-8H2,1H3,(H,13,15). The molecule has 4 nitrogen and oxygen atoms in total. The minimum absolute atomic E-state index is 0.0975. The lowest BCUT2D eigenvalue weighted by molar-refractivity contribution is -0.122. The summed E-state index contributed by atoms with van der Waals surface area (Å²) in [5.41, 5.74) is 0. The van der Waals surface area contributed by atoms with Gasteiger partial charge in [-0.1, -0.05) is 6.92 Å². The SMILES string of the molecule is CCC(CCO)NC(=O)CC1CSCCN1. The van der Waals surface area contributed by atoms with Crippen LogP contribution in [0.5, 0.6) is 0 Å². The van der Waals surface area contributed by atoms with Crippen molar-refractivity contribution in [1.29, 1.82) is 0 Å². The first-order chi connectivity index (χ1) is 7.76. The van der Waals surface area contributed by atoms with Crippen LogP contribution in [0.4, 0.5) is 0 Å². The molecule has 0 spiro atoms. The van der Waals surface area contributed by atoms with E-state index in [4.69, 9.17) is 5.11 Å². The highest BCUT2D eigenvalue weighted by Crippen LogP contribution is 2.10. The van der Waals surface area contributed by atoms with E-state index in [1.165, 1.54) is 0 Å². The number of aliphatic hydroxyl groups excluding tert-OH is 1. The summed E-state index contributed by atoms with van der Waals surface area (Å²) in [6.07, 6.45) is 2.07. The molecule has 1 heterocycles. The fourth-order valence-corrected chi connectivity index (χ4v) is 2.74. The monoisotopic (exact) mass is 246 g/mol. The smallest absolute Gasteiger partial charge is 0.221 e. The Balaban J connectivity index is 2.22. The second kappa shape index (κ2) is 7.92. The predicted molar refractivity (Wildman–Crippen MR) is 67.7 cm³/mol. The maximum absolute atomic E-state index is 11.7. The summed E-state index contributed by atoms with van der Waals surface area (Å²) in [7, 11) is 0. The zero-order valence-electron chi connectivity index (χ0n) is 9.87. The molecule has 0 aliphatic carbocycles. The van der Waals surface area contributed by atoms with Crippen LogP contribution in [-0.2, 0) is 4.79 Å². The van der Waals surface area contributed by atoms with E-state index in [9.17, 15) is 4.79 Å². The first kappa shape index (κ1) is 13.8. The zero-order chi connectivity index (χ0) is 11.8. The van der Waals surface area contributed by atoms with Crippen LogP contribution < -0.4 is 10.6 Å². The lowest BCUT2D eigenvalue weighted by atomic mass is 10.1. The molecule has 5 heteroatoms. The van der Waals surface area contributed by atoms with Gasteiger partial charge in [-0.3, -0.25) is 4.79 Å². The van der Waals surface area contributed by atoms with Gasteiger partial charge in [0.05, 0.1) is 0 Å². The first-order valence-electron chi connectivity index (χ1n) is 5.97. The third-order valence-corrected chi connectivity index (χ3v) is 3.90.